The van der Waals surface area contributed by atoms with E-state index in [-0.39, 0.29) is 23.2 Å². The molecular weight excluding hydrogens is 494 g/mol. The Balaban J connectivity index is 1.54. The molecule has 0 unspecified atom stereocenters. The minimum Gasteiger partial charge on any atom is -0.383 e. The standard InChI is InChI=1S/C28H25N9O2/c1-16(33-26-24(25(29)30-15-31-26)27-34-17(2)39-35-27)22-12-18-8-7-11-21(19-13-32-36(3)14-19)23(18)28(38)37(22)20-9-5-4-6-10-20/h4-16H,1-3H3,(H3,29,30,31,33)/t16-/m0/s1. The largest absolute Gasteiger partial charge is 0.383 e. The summed E-state index contributed by atoms with van der Waals surface area (Å²) in [6, 6.07) is 17.0. The van der Waals surface area contributed by atoms with Crippen molar-refractivity contribution in [3.8, 4) is 28.2 Å². The third-order valence-electron chi connectivity index (χ3n) is 6.53. The first-order valence-corrected chi connectivity index (χ1v) is 12.3. The number of rotatable bonds is 6. The molecule has 0 fully saturated rings. The van der Waals surface area contributed by atoms with Crippen LogP contribution in [0.1, 0.15) is 24.6 Å². The lowest BCUT2D eigenvalue weighted by molar-refractivity contribution is 0.394. The second-order valence-electron chi connectivity index (χ2n) is 9.20. The molecule has 6 aromatic rings. The molecular formula is C28H25N9O2. The zero-order valence-corrected chi connectivity index (χ0v) is 21.5. The van der Waals surface area contributed by atoms with Crippen LogP contribution in [0.4, 0.5) is 11.6 Å². The molecule has 0 aliphatic heterocycles. The Morgan fingerprint density at radius 2 is 1.90 bits per heavy atom. The van der Waals surface area contributed by atoms with Gasteiger partial charge in [0.2, 0.25) is 11.7 Å². The molecule has 1 atom stereocenters. The van der Waals surface area contributed by atoms with Gasteiger partial charge in [0.25, 0.3) is 5.56 Å². The summed E-state index contributed by atoms with van der Waals surface area (Å²) in [5.74, 6) is 1.30. The van der Waals surface area contributed by atoms with E-state index in [9.17, 15) is 4.79 Å². The van der Waals surface area contributed by atoms with E-state index in [2.05, 4.69) is 30.5 Å². The van der Waals surface area contributed by atoms with Crippen LogP contribution in [0, 0.1) is 6.92 Å². The van der Waals surface area contributed by atoms with Crippen molar-refractivity contribution in [2.45, 2.75) is 19.9 Å². The van der Waals surface area contributed by atoms with Crippen molar-refractivity contribution in [2.75, 3.05) is 11.1 Å². The summed E-state index contributed by atoms with van der Waals surface area (Å²) in [5, 5.41) is 13.1. The zero-order valence-electron chi connectivity index (χ0n) is 21.5. The number of benzene rings is 2. The van der Waals surface area contributed by atoms with Gasteiger partial charge in [0.15, 0.2) is 0 Å². The quantitative estimate of drug-likeness (QED) is 0.329. The molecule has 0 bridgehead atoms. The molecule has 3 N–H and O–H groups in total. The molecule has 39 heavy (non-hydrogen) atoms. The van der Waals surface area contributed by atoms with Gasteiger partial charge in [-0.05, 0) is 36.1 Å². The third-order valence-corrected chi connectivity index (χ3v) is 6.53. The fourth-order valence-electron chi connectivity index (χ4n) is 4.75. The van der Waals surface area contributed by atoms with Gasteiger partial charge in [-0.2, -0.15) is 10.1 Å². The number of para-hydroxylation sites is 1. The summed E-state index contributed by atoms with van der Waals surface area (Å²) in [4.78, 5) is 27.1. The Labute approximate surface area is 223 Å². The smallest absolute Gasteiger partial charge is 0.263 e. The Morgan fingerprint density at radius 3 is 2.62 bits per heavy atom. The minimum atomic E-state index is -0.384. The van der Waals surface area contributed by atoms with Gasteiger partial charge in [0.1, 0.15) is 23.5 Å². The van der Waals surface area contributed by atoms with Crippen LogP contribution in [-0.2, 0) is 7.05 Å². The summed E-state index contributed by atoms with van der Waals surface area (Å²) in [6.45, 7) is 3.65. The maximum atomic E-state index is 14.3. The number of fused-ring (bicyclic) bond motifs is 1. The van der Waals surface area contributed by atoms with Crippen molar-refractivity contribution in [3.05, 3.63) is 95.3 Å². The highest BCUT2D eigenvalue weighted by Gasteiger charge is 2.22. The Morgan fingerprint density at radius 1 is 1.08 bits per heavy atom. The van der Waals surface area contributed by atoms with Crippen LogP contribution < -0.4 is 16.6 Å². The van der Waals surface area contributed by atoms with Crippen LogP contribution in [0.5, 0.6) is 0 Å². The van der Waals surface area contributed by atoms with Crippen LogP contribution in [0.3, 0.4) is 0 Å². The minimum absolute atomic E-state index is 0.141. The highest BCUT2D eigenvalue weighted by Crippen LogP contribution is 2.33. The van der Waals surface area contributed by atoms with Crippen molar-refractivity contribution >= 4 is 22.4 Å². The predicted octanol–water partition coefficient (Wildman–Crippen LogP) is 4.29. The lowest BCUT2D eigenvalue weighted by Crippen LogP contribution is -2.26. The van der Waals surface area contributed by atoms with E-state index in [4.69, 9.17) is 10.3 Å². The first-order valence-electron chi connectivity index (χ1n) is 12.3. The maximum absolute atomic E-state index is 14.3. The number of nitrogens with one attached hydrogen (secondary N) is 1. The lowest BCUT2D eigenvalue weighted by atomic mass is 9.99. The molecule has 0 spiro atoms. The number of nitrogen functional groups attached to an aromatic ring is 1. The summed E-state index contributed by atoms with van der Waals surface area (Å²) in [6.07, 6.45) is 5.03. The molecule has 0 aliphatic carbocycles. The van der Waals surface area contributed by atoms with Crippen molar-refractivity contribution in [3.63, 3.8) is 0 Å². The number of nitrogens with zero attached hydrogens (tertiary/aromatic N) is 7. The molecule has 0 radical (unpaired) electrons. The van der Waals surface area contributed by atoms with E-state index in [1.165, 1.54) is 6.33 Å². The second kappa shape index (κ2) is 9.53. The number of nitrogens with two attached hydrogens (primary N) is 1. The van der Waals surface area contributed by atoms with Gasteiger partial charge in [0, 0.05) is 37.1 Å². The molecule has 0 saturated carbocycles. The van der Waals surface area contributed by atoms with E-state index < -0.39 is 0 Å². The molecule has 2 aromatic carbocycles. The Bertz CT molecular complexity index is 1870. The molecule has 4 heterocycles. The van der Waals surface area contributed by atoms with Crippen LogP contribution in [0.2, 0.25) is 0 Å². The summed E-state index contributed by atoms with van der Waals surface area (Å²) in [5.41, 5.74) is 9.64. The highest BCUT2D eigenvalue weighted by molar-refractivity contribution is 5.96. The lowest BCUT2D eigenvalue weighted by Gasteiger charge is -2.22. The van der Waals surface area contributed by atoms with E-state index in [1.807, 2.05) is 74.8 Å². The number of hydrogen-bond acceptors (Lipinski definition) is 9. The Kier molecular flexibility index (Phi) is 5.87. The first kappa shape index (κ1) is 24.0. The molecule has 11 heteroatoms. The summed E-state index contributed by atoms with van der Waals surface area (Å²) < 4.78 is 8.60. The average Bonchev–Trinajstić information content (AvgIpc) is 3.56. The van der Waals surface area contributed by atoms with Crippen LogP contribution in [-0.4, -0.2) is 34.5 Å². The van der Waals surface area contributed by atoms with Crippen molar-refractivity contribution in [1.29, 1.82) is 0 Å². The molecule has 6 rings (SSSR count). The van der Waals surface area contributed by atoms with E-state index in [0.29, 0.717) is 22.7 Å². The fraction of sp³-hybridized carbons (Fsp3) is 0.143. The number of hydrogen-bond donors (Lipinski definition) is 2. The molecule has 0 saturated heterocycles. The predicted molar refractivity (Wildman–Crippen MR) is 148 cm³/mol. The van der Waals surface area contributed by atoms with Crippen LogP contribution in [0.25, 0.3) is 39.0 Å². The van der Waals surface area contributed by atoms with E-state index >= 15 is 0 Å². The van der Waals surface area contributed by atoms with Gasteiger partial charge in [-0.3, -0.25) is 14.0 Å². The van der Waals surface area contributed by atoms with Gasteiger partial charge in [-0.25, -0.2) is 9.97 Å². The van der Waals surface area contributed by atoms with E-state index in [1.54, 1.807) is 22.4 Å². The van der Waals surface area contributed by atoms with Crippen molar-refractivity contribution in [1.82, 2.24) is 34.5 Å². The van der Waals surface area contributed by atoms with Gasteiger partial charge in [-0.1, -0.05) is 41.6 Å². The Hall–Kier alpha value is -5.32. The zero-order chi connectivity index (χ0) is 27.1. The topological polar surface area (TPSA) is 143 Å². The maximum Gasteiger partial charge on any atom is 0.263 e. The fourth-order valence-corrected chi connectivity index (χ4v) is 4.75. The molecule has 0 amide bonds. The molecule has 4 aromatic heterocycles. The number of aryl methyl sites for hydroxylation is 2. The third kappa shape index (κ3) is 4.29. The van der Waals surface area contributed by atoms with E-state index in [0.717, 1.165) is 27.9 Å². The average molecular weight is 520 g/mol. The number of anilines is 2. The van der Waals surface area contributed by atoms with Crippen LogP contribution >= 0.6 is 0 Å². The molecule has 194 valence electrons. The van der Waals surface area contributed by atoms with Gasteiger partial charge < -0.3 is 15.6 Å². The number of pyridine rings is 1. The van der Waals surface area contributed by atoms with Gasteiger partial charge in [0.05, 0.1) is 17.6 Å². The van der Waals surface area contributed by atoms with Gasteiger partial charge >= 0.3 is 0 Å². The van der Waals surface area contributed by atoms with Crippen LogP contribution in [0.15, 0.2) is 82.6 Å². The molecule has 11 nitrogen and oxygen atoms in total. The SMILES string of the molecule is Cc1nc(-c2c(N)ncnc2N[C@@H](C)c2cc3cccc(-c4cnn(C)c4)c3c(=O)n2-c2ccccc2)no1. The highest BCUT2D eigenvalue weighted by atomic mass is 16.5. The van der Waals surface area contributed by atoms with Gasteiger partial charge in [-0.15, -0.1) is 0 Å². The summed E-state index contributed by atoms with van der Waals surface area (Å²) in [7, 11) is 1.85. The van der Waals surface area contributed by atoms with Crippen molar-refractivity contribution < 1.29 is 4.52 Å². The molecule has 0 aliphatic rings. The monoisotopic (exact) mass is 519 g/mol. The van der Waals surface area contributed by atoms with Crippen molar-refractivity contribution in [2.24, 2.45) is 7.05 Å². The normalized spacial score (nSPS) is 12.1. The summed E-state index contributed by atoms with van der Waals surface area (Å²) >= 11 is 0. The first-order chi connectivity index (χ1) is 18.9. The second-order valence-corrected chi connectivity index (χ2v) is 9.20. The number of aromatic nitrogens is 7.